The molecule has 0 spiro atoms. The number of allylic oxidation sites excluding steroid dienone is 1. The molecule has 0 aromatic heterocycles. The van der Waals surface area contributed by atoms with Gasteiger partial charge in [0, 0.05) is 0 Å². The van der Waals surface area contributed by atoms with Gasteiger partial charge in [0.05, 0.1) is 0 Å². The van der Waals surface area contributed by atoms with Gasteiger partial charge in [-0.25, -0.2) is 0 Å². The van der Waals surface area contributed by atoms with Crippen LogP contribution in [-0.4, -0.2) is 13.3 Å². The largest absolute Gasteiger partial charge is 0.333 e. The average molecular weight is 129 g/mol. The number of hydrogen-bond donors (Lipinski definition) is 1. The van der Waals surface area contributed by atoms with Crippen LogP contribution in [0.4, 0.5) is 0 Å². The van der Waals surface area contributed by atoms with Crippen molar-refractivity contribution in [2.45, 2.75) is 13.8 Å². The summed E-state index contributed by atoms with van der Waals surface area (Å²) in [5, 5.41) is 0. The summed E-state index contributed by atoms with van der Waals surface area (Å²) in [4.78, 5) is 8.81. The smallest absolute Gasteiger partial charge is 0.116 e. The Morgan fingerprint density at radius 2 is 1.56 bits per heavy atom. The Balaban J connectivity index is -0.0000000646. The minimum atomic E-state index is 0.750. The van der Waals surface area contributed by atoms with Gasteiger partial charge in [0.15, 0.2) is 0 Å². The lowest BCUT2D eigenvalue weighted by molar-refractivity contribution is -0.106. The molecule has 0 aromatic carbocycles. The van der Waals surface area contributed by atoms with Crippen molar-refractivity contribution in [1.82, 2.24) is 0 Å². The number of aldehydes is 1. The van der Waals surface area contributed by atoms with Crippen LogP contribution in [0.25, 0.3) is 0 Å². The Bertz CT molecular complexity index is 73.0. The Kier molecular flexibility index (Phi) is 102. The lowest BCUT2D eigenvalue weighted by Crippen LogP contribution is -1.69. The summed E-state index contributed by atoms with van der Waals surface area (Å²) >= 11 is 0. The molecule has 0 unspecified atom stereocenters. The highest BCUT2D eigenvalue weighted by Gasteiger charge is 1.24. The van der Waals surface area contributed by atoms with Crippen LogP contribution in [0.3, 0.4) is 0 Å². The molecule has 0 aliphatic carbocycles. The van der Waals surface area contributed by atoms with E-state index in [0.29, 0.717) is 0 Å². The van der Waals surface area contributed by atoms with Crippen molar-refractivity contribution < 1.29 is 4.79 Å². The van der Waals surface area contributed by atoms with E-state index in [-0.39, 0.29) is 0 Å². The molecular weight excluding hydrogens is 114 g/mol. The number of hydrogen-bond acceptors (Lipinski definition) is 2. The van der Waals surface area contributed by atoms with Gasteiger partial charge < -0.3 is 10.5 Å². The molecule has 9 heavy (non-hydrogen) atoms. The highest BCUT2D eigenvalue weighted by molar-refractivity contribution is 5.44. The van der Waals surface area contributed by atoms with Crippen LogP contribution in [0.2, 0.25) is 0 Å². The van der Waals surface area contributed by atoms with Crippen LogP contribution in [0, 0.1) is 0 Å². The zero-order valence-electron chi connectivity index (χ0n) is 6.35. The van der Waals surface area contributed by atoms with Crippen molar-refractivity contribution in [2.24, 2.45) is 5.73 Å². The summed E-state index contributed by atoms with van der Waals surface area (Å²) in [5.41, 5.74) is 7.06. The van der Waals surface area contributed by atoms with Crippen molar-refractivity contribution in [1.29, 1.82) is 0 Å². The minimum absolute atomic E-state index is 0.750. The summed E-state index contributed by atoms with van der Waals surface area (Å²) in [6.07, 6.45) is 2.51. The predicted octanol–water partition coefficient (Wildman–Crippen LogP) is 1.13. The van der Waals surface area contributed by atoms with E-state index in [1.165, 1.54) is 14.0 Å². The molecular formula is C7H15NO. The lowest BCUT2D eigenvalue weighted by Gasteiger charge is -1.37. The Labute approximate surface area is 57.1 Å². The molecule has 0 atom stereocenters. The highest BCUT2D eigenvalue weighted by atomic mass is 16.1. The predicted molar refractivity (Wildman–Crippen MR) is 41.2 cm³/mol. The minimum Gasteiger partial charge on any atom is -0.333 e. The van der Waals surface area contributed by atoms with E-state index >= 15 is 0 Å². The first-order valence-corrected chi connectivity index (χ1v) is 2.61. The maximum Gasteiger partial charge on any atom is 0.116 e. The molecule has 2 N–H and O–H groups in total. The Hall–Kier alpha value is -0.850. The fraction of sp³-hybridized carbons (Fsp3) is 0.429. The van der Waals surface area contributed by atoms with Crippen molar-refractivity contribution in [3.8, 4) is 0 Å². The maximum atomic E-state index is 8.81. The van der Waals surface area contributed by atoms with Gasteiger partial charge in [-0.05, 0) is 27.0 Å². The fourth-order valence-electron chi connectivity index (χ4n) is 0. The highest BCUT2D eigenvalue weighted by Crippen LogP contribution is 1.46. The molecule has 2 heteroatoms. The van der Waals surface area contributed by atoms with Crippen LogP contribution in [-0.2, 0) is 4.79 Å². The number of nitrogens with two attached hydrogens (primary N) is 1. The molecule has 0 heterocycles. The van der Waals surface area contributed by atoms with Gasteiger partial charge in [-0.15, -0.1) is 5.73 Å². The first-order chi connectivity index (χ1) is 4.33. The first kappa shape index (κ1) is 15.7. The monoisotopic (exact) mass is 129 g/mol. The van der Waals surface area contributed by atoms with Crippen LogP contribution in [0.15, 0.2) is 18.4 Å². The maximum absolute atomic E-state index is 8.81. The van der Waals surface area contributed by atoms with E-state index in [9.17, 15) is 0 Å². The quantitative estimate of drug-likeness (QED) is 0.393. The molecule has 0 saturated carbocycles. The van der Waals surface area contributed by atoms with Crippen LogP contribution >= 0.6 is 0 Å². The average Bonchev–Trinajstić information content (AvgIpc) is 1.94. The molecule has 0 saturated heterocycles. The van der Waals surface area contributed by atoms with Gasteiger partial charge in [0.1, 0.15) is 6.29 Å². The summed E-state index contributed by atoms with van der Waals surface area (Å²) in [5.74, 6) is 0. The second-order valence-electron chi connectivity index (χ2n) is 0.729. The zero-order valence-corrected chi connectivity index (χ0v) is 6.35. The van der Waals surface area contributed by atoms with E-state index < -0.39 is 0 Å². The van der Waals surface area contributed by atoms with Crippen molar-refractivity contribution in [3.05, 3.63) is 18.4 Å². The van der Waals surface area contributed by atoms with Crippen molar-refractivity contribution in [3.63, 3.8) is 0 Å². The molecule has 0 fully saturated rings. The summed E-state index contributed by atoms with van der Waals surface area (Å²) in [6.45, 7) is 6.62. The van der Waals surface area contributed by atoms with Crippen molar-refractivity contribution in [2.75, 3.05) is 7.05 Å². The molecule has 0 aliphatic heterocycles. The zero-order chi connectivity index (χ0) is 8.12. The molecule has 0 amide bonds. The summed E-state index contributed by atoms with van der Waals surface area (Å²) in [6, 6.07) is 0. The second-order valence-corrected chi connectivity index (χ2v) is 0.729. The van der Waals surface area contributed by atoms with Gasteiger partial charge in [0.25, 0.3) is 0 Å². The molecule has 0 bridgehead atoms. The van der Waals surface area contributed by atoms with Crippen LogP contribution in [0.5, 0.6) is 0 Å². The fourth-order valence-corrected chi connectivity index (χ4v) is 0. The third kappa shape index (κ3) is 8430. The van der Waals surface area contributed by atoms with Gasteiger partial charge in [-0.1, -0.05) is 6.58 Å². The summed E-state index contributed by atoms with van der Waals surface area (Å²) < 4.78 is 0. The van der Waals surface area contributed by atoms with Gasteiger partial charge in [-0.3, -0.25) is 0 Å². The molecule has 0 aromatic rings. The Morgan fingerprint density at radius 1 is 1.44 bits per heavy atom. The van der Waals surface area contributed by atoms with E-state index in [1.807, 2.05) is 6.92 Å². The van der Waals surface area contributed by atoms with Crippen LogP contribution in [0.1, 0.15) is 13.8 Å². The van der Waals surface area contributed by atoms with E-state index in [2.05, 4.69) is 18.0 Å². The van der Waals surface area contributed by atoms with Gasteiger partial charge in [0.2, 0.25) is 0 Å². The van der Waals surface area contributed by atoms with E-state index in [1.54, 1.807) is 6.08 Å². The van der Waals surface area contributed by atoms with Gasteiger partial charge >= 0.3 is 0 Å². The topological polar surface area (TPSA) is 43.1 Å². The Morgan fingerprint density at radius 3 is 1.56 bits per heavy atom. The standard InChI is InChI=1S/C4H6.C2H4O.CH5N/c1-3-4-2;1-2-3;1-2/h4H,1H2,2H3;2H,1H3;2H2,1H3. The van der Waals surface area contributed by atoms with E-state index in [4.69, 9.17) is 4.79 Å². The second kappa shape index (κ2) is 58.5. The SMILES string of the molecule is C=C=CC.CC=O.CN. The normalized spacial score (nSPS) is 4.00. The molecule has 2 nitrogen and oxygen atoms in total. The summed E-state index contributed by atoms with van der Waals surface area (Å²) in [7, 11) is 1.50. The van der Waals surface area contributed by atoms with Crippen LogP contribution < -0.4 is 5.73 Å². The van der Waals surface area contributed by atoms with Gasteiger partial charge in [-0.2, -0.15) is 0 Å². The molecule has 0 rings (SSSR count). The molecule has 0 aliphatic rings. The number of rotatable bonds is 0. The lowest BCUT2D eigenvalue weighted by atomic mass is 10.7. The molecule has 54 valence electrons. The third-order valence-electron chi connectivity index (χ3n) is 0.204. The van der Waals surface area contributed by atoms with E-state index in [0.717, 1.165) is 6.29 Å². The number of carbonyl (C=O) groups is 1. The third-order valence-corrected chi connectivity index (χ3v) is 0.204. The number of carbonyl (C=O) groups excluding carboxylic acids is 1. The van der Waals surface area contributed by atoms with Crippen molar-refractivity contribution >= 4 is 6.29 Å². The first-order valence-electron chi connectivity index (χ1n) is 2.61. The molecule has 0 radical (unpaired) electrons.